The lowest BCUT2D eigenvalue weighted by Crippen LogP contribution is -2.05. The fraction of sp³-hybridized carbons (Fsp3) is 0.188. The van der Waals surface area contributed by atoms with E-state index in [0.717, 1.165) is 10.5 Å². The molecule has 0 bridgehead atoms. The molecule has 0 amide bonds. The summed E-state index contributed by atoms with van der Waals surface area (Å²) in [6, 6.07) is 15.6. The van der Waals surface area contributed by atoms with Crippen LogP contribution in [0.5, 0.6) is 5.75 Å². The fourth-order valence-electron chi connectivity index (χ4n) is 1.77. The van der Waals surface area contributed by atoms with E-state index in [0.29, 0.717) is 17.1 Å². The second kappa shape index (κ2) is 6.43. The molecule has 0 saturated heterocycles. The molecular weight excluding hydrogens is 256 g/mol. The van der Waals surface area contributed by atoms with Crippen molar-refractivity contribution in [1.82, 2.24) is 0 Å². The average molecular weight is 272 g/mol. The van der Waals surface area contributed by atoms with Crippen molar-refractivity contribution in [2.45, 2.75) is 11.8 Å². The first kappa shape index (κ1) is 13.7. The molecule has 98 valence electrons. The number of ether oxygens (including phenoxy) is 1. The van der Waals surface area contributed by atoms with Crippen LogP contribution in [0.3, 0.4) is 0 Å². The van der Waals surface area contributed by atoms with E-state index in [2.05, 4.69) is 0 Å². The molecule has 0 unspecified atom stereocenters. The Labute approximate surface area is 117 Å². The van der Waals surface area contributed by atoms with Gasteiger partial charge in [-0.05, 0) is 36.8 Å². The molecule has 0 aliphatic carbocycles. The molecule has 2 nitrogen and oxygen atoms in total. The summed E-state index contributed by atoms with van der Waals surface area (Å²) in [6.45, 7) is 1.98. The van der Waals surface area contributed by atoms with Gasteiger partial charge in [0.25, 0.3) is 0 Å². The second-order valence-electron chi connectivity index (χ2n) is 4.23. The fourth-order valence-corrected chi connectivity index (χ4v) is 2.57. The molecule has 2 aromatic carbocycles. The lowest BCUT2D eigenvalue weighted by molar-refractivity contribution is 0.101. The maximum Gasteiger partial charge on any atom is 0.176 e. The molecule has 0 saturated carbocycles. The van der Waals surface area contributed by atoms with Gasteiger partial charge in [0.05, 0.1) is 18.4 Å². The molecule has 0 atom stereocenters. The van der Waals surface area contributed by atoms with Crippen molar-refractivity contribution in [1.29, 1.82) is 0 Å². The molecule has 2 rings (SSSR count). The van der Waals surface area contributed by atoms with Crippen LogP contribution < -0.4 is 4.74 Å². The number of carbonyl (C=O) groups excluding carboxylic acids is 1. The minimum atomic E-state index is 0.0886. The summed E-state index contributed by atoms with van der Waals surface area (Å²) in [7, 11) is 1.59. The summed E-state index contributed by atoms with van der Waals surface area (Å²) in [5, 5.41) is 0. The van der Waals surface area contributed by atoms with Crippen LogP contribution in [-0.4, -0.2) is 18.6 Å². The van der Waals surface area contributed by atoms with Gasteiger partial charge in [-0.1, -0.05) is 24.3 Å². The number of thioether (sulfide) groups is 1. The van der Waals surface area contributed by atoms with Crippen molar-refractivity contribution in [2.24, 2.45) is 0 Å². The number of benzene rings is 2. The zero-order valence-corrected chi connectivity index (χ0v) is 11.9. The first-order valence-electron chi connectivity index (χ1n) is 6.06. The molecule has 0 heterocycles. The van der Waals surface area contributed by atoms with Gasteiger partial charge in [-0.2, -0.15) is 0 Å². The van der Waals surface area contributed by atoms with Crippen LogP contribution in [0, 0.1) is 6.92 Å². The van der Waals surface area contributed by atoms with E-state index < -0.39 is 0 Å². The summed E-state index contributed by atoms with van der Waals surface area (Å²) in [5.41, 5.74) is 1.74. The third kappa shape index (κ3) is 3.61. The second-order valence-corrected chi connectivity index (χ2v) is 5.28. The van der Waals surface area contributed by atoms with Crippen LogP contribution in [0.1, 0.15) is 15.9 Å². The summed E-state index contributed by atoms with van der Waals surface area (Å²) in [6.07, 6.45) is 0. The van der Waals surface area contributed by atoms with E-state index in [4.69, 9.17) is 4.74 Å². The number of rotatable bonds is 5. The van der Waals surface area contributed by atoms with Crippen molar-refractivity contribution >= 4 is 17.5 Å². The van der Waals surface area contributed by atoms with Gasteiger partial charge >= 0.3 is 0 Å². The molecule has 0 N–H and O–H groups in total. The van der Waals surface area contributed by atoms with Crippen LogP contribution in [0.4, 0.5) is 0 Å². The Morgan fingerprint density at radius 1 is 1.16 bits per heavy atom. The van der Waals surface area contributed by atoms with Crippen molar-refractivity contribution in [3.05, 3.63) is 59.7 Å². The minimum absolute atomic E-state index is 0.0886. The molecule has 19 heavy (non-hydrogen) atoms. The predicted molar refractivity (Wildman–Crippen MR) is 79.2 cm³/mol. The quantitative estimate of drug-likeness (QED) is 0.608. The van der Waals surface area contributed by atoms with E-state index in [1.807, 2.05) is 55.5 Å². The van der Waals surface area contributed by atoms with Crippen LogP contribution >= 0.6 is 11.8 Å². The maximum absolute atomic E-state index is 12.2. The number of Topliss-reactive ketones (excluding diaryl/α,β-unsaturated/α-hetero) is 1. The summed E-state index contributed by atoms with van der Waals surface area (Å²) in [4.78, 5) is 13.3. The van der Waals surface area contributed by atoms with Gasteiger partial charge < -0.3 is 4.74 Å². The van der Waals surface area contributed by atoms with Gasteiger partial charge in [0.2, 0.25) is 0 Å². The normalized spacial score (nSPS) is 10.2. The van der Waals surface area contributed by atoms with Crippen LogP contribution in [0.2, 0.25) is 0 Å². The Bertz CT molecular complexity index is 564. The number of methoxy groups -OCH3 is 1. The summed E-state index contributed by atoms with van der Waals surface area (Å²) in [5.74, 6) is 1.16. The largest absolute Gasteiger partial charge is 0.496 e. The number of carbonyl (C=O) groups is 1. The van der Waals surface area contributed by atoms with Crippen LogP contribution in [-0.2, 0) is 0 Å². The first-order chi connectivity index (χ1) is 9.20. The van der Waals surface area contributed by atoms with Gasteiger partial charge in [-0.15, -0.1) is 11.8 Å². The summed E-state index contributed by atoms with van der Waals surface area (Å²) < 4.78 is 5.27. The molecular formula is C16H16O2S. The molecule has 0 radical (unpaired) electrons. The average Bonchev–Trinajstić information content (AvgIpc) is 2.45. The lowest BCUT2D eigenvalue weighted by atomic mass is 10.1. The number of ketones is 1. The highest BCUT2D eigenvalue weighted by Gasteiger charge is 2.12. The Kier molecular flexibility index (Phi) is 4.63. The van der Waals surface area contributed by atoms with E-state index in [9.17, 15) is 4.79 Å². The topological polar surface area (TPSA) is 26.3 Å². The molecule has 0 aliphatic heterocycles. The molecule has 0 fully saturated rings. The number of hydrogen-bond acceptors (Lipinski definition) is 3. The Balaban J connectivity index is 2.08. The number of aryl methyl sites for hydroxylation is 1. The Hall–Kier alpha value is -1.74. The Morgan fingerprint density at radius 2 is 1.89 bits per heavy atom. The van der Waals surface area contributed by atoms with Gasteiger partial charge in [0.1, 0.15) is 5.75 Å². The zero-order chi connectivity index (χ0) is 13.7. The minimum Gasteiger partial charge on any atom is -0.496 e. The van der Waals surface area contributed by atoms with E-state index in [1.54, 1.807) is 18.9 Å². The smallest absolute Gasteiger partial charge is 0.176 e. The highest BCUT2D eigenvalue weighted by molar-refractivity contribution is 8.00. The maximum atomic E-state index is 12.2. The third-order valence-electron chi connectivity index (χ3n) is 2.77. The standard InChI is InChI=1S/C16H16O2S/c1-12-8-9-14(16(10-12)18-2)15(17)11-19-13-6-4-3-5-7-13/h3-10H,11H2,1-2H3. The third-order valence-corrected chi connectivity index (χ3v) is 3.78. The molecule has 0 aliphatic rings. The highest BCUT2D eigenvalue weighted by atomic mass is 32.2. The zero-order valence-electron chi connectivity index (χ0n) is 11.1. The molecule has 0 aromatic heterocycles. The van der Waals surface area contributed by atoms with E-state index in [-0.39, 0.29) is 5.78 Å². The number of hydrogen-bond donors (Lipinski definition) is 0. The van der Waals surface area contributed by atoms with Crippen molar-refractivity contribution in [3.63, 3.8) is 0 Å². The van der Waals surface area contributed by atoms with E-state index in [1.165, 1.54) is 0 Å². The lowest BCUT2D eigenvalue weighted by Gasteiger charge is -2.08. The highest BCUT2D eigenvalue weighted by Crippen LogP contribution is 2.24. The SMILES string of the molecule is COc1cc(C)ccc1C(=O)CSc1ccccc1. The first-order valence-corrected chi connectivity index (χ1v) is 7.05. The van der Waals surface area contributed by atoms with Crippen LogP contribution in [0.25, 0.3) is 0 Å². The van der Waals surface area contributed by atoms with Gasteiger partial charge in [0, 0.05) is 4.90 Å². The van der Waals surface area contributed by atoms with Crippen LogP contribution in [0.15, 0.2) is 53.4 Å². The van der Waals surface area contributed by atoms with E-state index >= 15 is 0 Å². The monoisotopic (exact) mass is 272 g/mol. The van der Waals surface area contributed by atoms with Crippen molar-refractivity contribution in [3.8, 4) is 5.75 Å². The molecule has 3 heteroatoms. The van der Waals surface area contributed by atoms with Crippen molar-refractivity contribution < 1.29 is 9.53 Å². The van der Waals surface area contributed by atoms with Gasteiger partial charge in [0.15, 0.2) is 5.78 Å². The Morgan fingerprint density at radius 3 is 2.58 bits per heavy atom. The van der Waals surface area contributed by atoms with Crippen molar-refractivity contribution in [2.75, 3.05) is 12.9 Å². The molecule has 2 aromatic rings. The van der Waals surface area contributed by atoms with Gasteiger partial charge in [-0.3, -0.25) is 4.79 Å². The summed E-state index contributed by atoms with van der Waals surface area (Å²) >= 11 is 1.54. The molecule has 0 spiro atoms. The van der Waals surface area contributed by atoms with Gasteiger partial charge in [-0.25, -0.2) is 0 Å². The predicted octanol–water partition coefficient (Wildman–Crippen LogP) is 3.98.